The Hall–Kier alpha value is -3.70. The predicted molar refractivity (Wildman–Crippen MR) is 154 cm³/mol. The Labute approximate surface area is 230 Å². The molecular weight excluding hydrogens is 486 g/mol. The molecule has 6 rings (SSSR count). The van der Waals surface area contributed by atoms with Crippen molar-refractivity contribution < 1.29 is 4.79 Å². The standard InChI is InChI=1S/C31H37N7O/c1-22-18-37(28-10-8-24(17-32)31-26(28)7-6-13-33-31)19-23(2)38(22)21-30(39)36-16-12-27-25(20-36)9-11-29(34-27)35-14-4-3-5-15-35/h6-11,13,22-23H,3-5,12,14-16,18-21H2,1-2H3/t22-,23+. The Morgan fingerprint density at radius 3 is 2.56 bits per heavy atom. The van der Waals surface area contributed by atoms with Gasteiger partial charge in [0.2, 0.25) is 5.91 Å². The van der Waals surface area contributed by atoms with E-state index in [-0.39, 0.29) is 18.0 Å². The zero-order valence-electron chi connectivity index (χ0n) is 23.0. The van der Waals surface area contributed by atoms with Gasteiger partial charge in [-0.3, -0.25) is 14.7 Å². The summed E-state index contributed by atoms with van der Waals surface area (Å²) >= 11 is 0. The third-order valence-electron chi connectivity index (χ3n) is 8.69. The molecule has 2 fully saturated rings. The SMILES string of the molecule is C[C@@H]1CN(c2ccc(C#N)c3ncccc23)C[C@H](C)N1CC(=O)N1CCc2nc(N3CCCCC3)ccc2C1. The smallest absolute Gasteiger partial charge is 0.237 e. The number of carbonyl (C=O) groups is 1. The molecule has 1 amide bonds. The van der Waals surface area contributed by atoms with Crippen LogP contribution in [0.3, 0.4) is 0 Å². The molecule has 0 aliphatic carbocycles. The fraction of sp³-hybridized carbons (Fsp3) is 0.484. The van der Waals surface area contributed by atoms with Gasteiger partial charge in [0.15, 0.2) is 0 Å². The highest BCUT2D eigenvalue weighted by molar-refractivity contribution is 5.95. The van der Waals surface area contributed by atoms with Gasteiger partial charge in [0.05, 0.1) is 17.6 Å². The average Bonchev–Trinajstić information content (AvgIpc) is 2.98. The number of piperidine rings is 1. The maximum atomic E-state index is 13.5. The van der Waals surface area contributed by atoms with Gasteiger partial charge in [-0.1, -0.05) is 6.07 Å². The molecule has 3 aliphatic rings. The minimum atomic E-state index is 0.195. The van der Waals surface area contributed by atoms with Crippen molar-refractivity contribution in [2.75, 3.05) is 49.1 Å². The predicted octanol–water partition coefficient (Wildman–Crippen LogP) is 3.98. The number of anilines is 2. The van der Waals surface area contributed by atoms with Gasteiger partial charge in [0.1, 0.15) is 11.9 Å². The summed E-state index contributed by atoms with van der Waals surface area (Å²) in [5, 5.41) is 10.5. The van der Waals surface area contributed by atoms with Crippen molar-refractivity contribution in [1.82, 2.24) is 19.8 Å². The van der Waals surface area contributed by atoms with Crippen LogP contribution in [0, 0.1) is 11.3 Å². The lowest BCUT2D eigenvalue weighted by Gasteiger charge is -2.46. The molecule has 0 unspecified atom stereocenters. The van der Waals surface area contributed by atoms with E-state index in [1.54, 1.807) is 6.20 Å². The molecule has 5 heterocycles. The monoisotopic (exact) mass is 523 g/mol. The molecule has 0 radical (unpaired) electrons. The maximum Gasteiger partial charge on any atom is 0.237 e. The number of nitrogens with zero attached hydrogens (tertiary/aromatic N) is 7. The van der Waals surface area contributed by atoms with E-state index in [2.05, 4.69) is 51.7 Å². The second kappa shape index (κ2) is 10.8. The quantitative estimate of drug-likeness (QED) is 0.512. The van der Waals surface area contributed by atoms with E-state index in [4.69, 9.17) is 4.98 Å². The molecule has 0 N–H and O–H groups in total. The van der Waals surface area contributed by atoms with Crippen molar-refractivity contribution in [2.24, 2.45) is 0 Å². The lowest BCUT2D eigenvalue weighted by Crippen LogP contribution is -2.59. The van der Waals surface area contributed by atoms with Gasteiger partial charge in [0, 0.05) is 80.7 Å². The Balaban J connectivity index is 1.11. The first-order valence-electron chi connectivity index (χ1n) is 14.3. The molecule has 3 aromatic rings. The Morgan fingerprint density at radius 2 is 1.79 bits per heavy atom. The first-order chi connectivity index (χ1) is 19.0. The molecule has 202 valence electrons. The molecule has 0 spiro atoms. The Morgan fingerprint density at radius 1 is 1.00 bits per heavy atom. The van der Waals surface area contributed by atoms with E-state index in [1.165, 1.54) is 24.8 Å². The van der Waals surface area contributed by atoms with Crippen LogP contribution in [0.4, 0.5) is 11.5 Å². The third-order valence-corrected chi connectivity index (χ3v) is 8.69. The van der Waals surface area contributed by atoms with Gasteiger partial charge >= 0.3 is 0 Å². The molecule has 2 atom stereocenters. The number of aromatic nitrogens is 2. The van der Waals surface area contributed by atoms with Crippen LogP contribution in [0.25, 0.3) is 10.9 Å². The number of carbonyl (C=O) groups excluding carboxylic acids is 1. The Kier molecular flexibility index (Phi) is 7.09. The molecule has 2 saturated heterocycles. The number of nitriles is 1. The first kappa shape index (κ1) is 25.6. The average molecular weight is 524 g/mol. The topological polar surface area (TPSA) is 79.6 Å². The number of amides is 1. The third kappa shape index (κ3) is 5.04. The van der Waals surface area contributed by atoms with Crippen LogP contribution in [0.5, 0.6) is 0 Å². The summed E-state index contributed by atoms with van der Waals surface area (Å²) in [6.45, 7) is 10.1. The molecule has 0 bridgehead atoms. The van der Waals surface area contributed by atoms with Crippen molar-refractivity contribution >= 4 is 28.3 Å². The minimum absolute atomic E-state index is 0.195. The number of benzene rings is 1. The van der Waals surface area contributed by atoms with Gasteiger partial charge in [-0.25, -0.2) is 4.98 Å². The summed E-state index contributed by atoms with van der Waals surface area (Å²) < 4.78 is 0. The summed E-state index contributed by atoms with van der Waals surface area (Å²) in [4.78, 5) is 32.1. The van der Waals surface area contributed by atoms with E-state index in [0.29, 0.717) is 18.7 Å². The van der Waals surface area contributed by atoms with Crippen molar-refractivity contribution in [1.29, 1.82) is 5.26 Å². The van der Waals surface area contributed by atoms with Crippen molar-refractivity contribution in [3.8, 4) is 6.07 Å². The van der Waals surface area contributed by atoms with Gasteiger partial charge in [0.25, 0.3) is 0 Å². The van der Waals surface area contributed by atoms with Crippen LogP contribution < -0.4 is 9.80 Å². The molecule has 8 nitrogen and oxygen atoms in total. The fourth-order valence-corrected chi connectivity index (χ4v) is 6.56. The minimum Gasteiger partial charge on any atom is -0.368 e. The van der Waals surface area contributed by atoms with Crippen LogP contribution in [-0.2, 0) is 17.8 Å². The number of fused-ring (bicyclic) bond motifs is 2. The van der Waals surface area contributed by atoms with Crippen LogP contribution >= 0.6 is 0 Å². The van der Waals surface area contributed by atoms with E-state index in [1.807, 2.05) is 29.2 Å². The molecule has 8 heteroatoms. The van der Waals surface area contributed by atoms with E-state index in [0.717, 1.165) is 67.2 Å². The van der Waals surface area contributed by atoms with Crippen LogP contribution in [0.15, 0.2) is 42.6 Å². The van der Waals surface area contributed by atoms with E-state index in [9.17, 15) is 10.1 Å². The highest BCUT2D eigenvalue weighted by Gasteiger charge is 2.33. The number of hydrogen-bond donors (Lipinski definition) is 0. The summed E-state index contributed by atoms with van der Waals surface area (Å²) in [5.74, 6) is 1.29. The van der Waals surface area contributed by atoms with E-state index >= 15 is 0 Å². The largest absolute Gasteiger partial charge is 0.368 e. The van der Waals surface area contributed by atoms with Gasteiger partial charge in [-0.15, -0.1) is 0 Å². The molecule has 2 aromatic heterocycles. The fourth-order valence-electron chi connectivity index (χ4n) is 6.56. The number of piperazine rings is 1. The molecule has 3 aliphatic heterocycles. The zero-order chi connectivity index (χ0) is 26.9. The maximum absolute atomic E-state index is 13.5. The Bertz CT molecular complexity index is 1400. The lowest BCUT2D eigenvalue weighted by molar-refractivity contribution is -0.134. The van der Waals surface area contributed by atoms with Gasteiger partial charge in [-0.05, 0) is 69.0 Å². The van der Waals surface area contributed by atoms with Gasteiger partial charge in [-0.2, -0.15) is 5.26 Å². The number of pyridine rings is 2. The summed E-state index contributed by atoms with van der Waals surface area (Å²) in [7, 11) is 0. The first-order valence-corrected chi connectivity index (χ1v) is 14.3. The summed E-state index contributed by atoms with van der Waals surface area (Å²) in [6, 6.07) is 14.9. The zero-order valence-corrected chi connectivity index (χ0v) is 23.0. The highest BCUT2D eigenvalue weighted by Crippen LogP contribution is 2.31. The molecule has 39 heavy (non-hydrogen) atoms. The molecular formula is C31H37N7O. The second-order valence-electron chi connectivity index (χ2n) is 11.3. The van der Waals surface area contributed by atoms with Crippen molar-refractivity contribution in [3.63, 3.8) is 0 Å². The van der Waals surface area contributed by atoms with Crippen LogP contribution in [0.1, 0.15) is 49.9 Å². The normalized spacial score (nSPS) is 22.0. The van der Waals surface area contributed by atoms with E-state index < -0.39 is 0 Å². The lowest BCUT2D eigenvalue weighted by atomic mass is 10.0. The van der Waals surface area contributed by atoms with Gasteiger partial charge < -0.3 is 14.7 Å². The number of rotatable bonds is 4. The second-order valence-corrected chi connectivity index (χ2v) is 11.3. The molecule has 1 aromatic carbocycles. The van der Waals surface area contributed by atoms with Crippen molar-refractivity contribution in [2.45, 2.75) is 58.2 Å². The van der Waals surface area contributed by atoms with Crippen LogP contribution in [0.2, 0.25) is 0 Å². The summed E-state index contributed by atoms with van der Waals surface area (Å²) in [6.07, 6.45) is 6.36. The number of hydrogen-bond acceptors (Lipinski definition) is 7. The van der Waals surface area contributed by atoms with Crippen LogP contribution in [-0.4, -0.2) is 77.0 Å². The molecule has 0 saturated carbocycles. The van der Waals surface area contributed by atoms with Crippen molar-refractivity contribution in [3.05, 3.63) is 59.4 Å². The highest BCUT2D eigenvalue weighted by atomic mass is 16.2. The summed E-state index contributed by atoms with van der Waals surface area (Å²) in [5.41, 5.74) is 4.79.